The van der Waals surface area contributed by atoms with Gasteiger partial charge in [0.15, 0.2) is 17.2 Å². The predicted molar refractivity (Wildman–Crippen MR) is 129 cm³/mol. The number of carboxylic acid groups (broad SMARTS) is 1. The van der Waals surface area contributed by atoms with E-state index in [1.54, 1.807) is 6.07 Å². The van der Waals surface area contributed by atoms with Crippen molar-refractivity contribution in [2.24, 2.45) is 0 Å². The molecule has 0 spiro atoms. The number of aromatic nitrogens is 3. The van der Waals surface area contributed by atoms with Gasteiger partial charge in [-0.1, -0.05) is 24.6 Å². The summed E-state index contributed by atoms with van der Waals surface area (Å²) in [7, 11) is 0. The third-order valence-electron chi connectivity index (χ3n) is 5.83. The number of anilines is 2. The van der Waals surface area contributed by atoms with Crippen molar-refractivity contribution in [3.63, 3.8) is 0 Å². The van der Waals surface area contributed by atoms with Gasteiger partial charge in [-0.3, -0.25) is 0 Å². The number of fused-ring (bicyclic) bond motifs is 1. The summed E-state index contributed by atoms with van der Waals surface area (Å²) in [6.45, 7) is 7.74. The minimum absolute atomic E-state index is 0.0720. The Balaban J connectivity index is 1.78. The van der Waals surface area contributed by atoms with E-state index in [4.69, 9.17) is 21.3 Å². The average Bonchev–Trinajstić information content (AvgIpc) is 2.83. The number of ether oxygens (including phenoxy) is 1. The molecule has 2 aromatic heterocycles. The Morgan fingerprint density at radius 1 is 1.38 bits per heavy atom. The van der Waals surface area contributed by atoms with Crippen molar-refractivity contribution >= 4 is 40.1 Å². The Labute approximate surface area is 202 Å². The van der Waals surface area contributed by atoms with E-state index in [9.17, 15) is 15.2 Å². The van der Waals surface area contributed by atoms with Crippen LogP contribution in [0.2, 0.25) is 5.15 Å². The van der Waals surface area contributed by atoms with Gasteiger partial charge < -0.3 is 20.1 Å². The average molecular weight is 481 g/mol. The number of pyridine rings is 1. The van der Waals surface area contributed by atoms with Crippen molar-refractivity contribution in [2.45, 2.75) is 39.3 Å². The van der Waals surface area contributed by atoms with Gasteiger partial charge in [-0.2, -0.15) is 5.26 Å². The summed E-state index contributed by atoms with van der Waals surface area (Å²) in [6.07, 6.45) is 0.939. The maximum atomic E-state index is 11.7. The molecule has 4 rings (SSSR count). The van der Waals surface area contributed by atoms with Crippen LogP contribution in [0.15, 0.2) is 24.3 Å². The van der Waals surface area contributed by atoms with Crippen molar-refractivity contribution < 1.29 is 14.6 Å². The van der Waals surface area contributed by atoms with Gasteiger partial charge in [-0.15, -0.1) is 0 Å². The molecule has 1 aromatic carbocycles. The number of nitrogens with one attached hydrogen (secondary N) is 1. The molecule has 10 heteroatoms. The minimum Gasteiger partial charge on any atom is -0.476 e. The number of nitriles is 1. The molecule has 0 amide bonds. The van der Waals surface area contributed by atoms with Gasteiger partial charge in [0.2, 0.25) is 0 Å². The van der Waals surface area contributed by atoms with Crippen LogP contribution in [0.25, 0.3) is 11.0 Å². The first kappa shape index (κ1) is 23.7. The van der Waals surface area contributed by atoms with E-state index in [-0.39, 0.29) is 28.7 Å². The monoisotopic (exact) mass is 480 g/mol. The predicted octanol–water partition coefficient (Wildman–Crippen LogP) is 4.34. The number of aryl methyl sites for hydroxylation is 1. The molecule has 34 heavy (non-hydrogen) atoms. The lowest BCUT2D eigenvalue weighted by atomic mass is 10.0. The summed E-state index contributed by atoms with van der Waals surface area (Å²) in [4.78, 5) is 27.2. The topological polar surface area (TPSA) is 124 Å². The summed E-state index contributed by atoms with van der Waals surface area (Å²) in [5.41, 5.74) is 3.51. The number of hydrogen-bond donors (Lipinski definition) is 2. The molecule has 3 aromatic rings. The first-order chi connectivity index (χ1) is 16.3. The maximum absolute atomic E-state index is 11.7. The van der Waals surface area contributed by atoms with Crippen molar-refractivity contribution in [3.8, 4) is 6.07 Å². The second-order valence-electron chi connectivity index (χ2n) is 8.28. The number of hydrogen-bond acceptors (Lipinski definition) is 8. The summed E-state index contributed by atoms with van der Waals surface area (Å²) in [5.74, 6) is -0.640. The third kappa shape index (κ3) is 4.74. The first-order valence-corrected chi connectivity index (χ1v) is 11.4. The zero-order chi connectivity index (χ0) is 24.4. The van der Waals surface area contributed by atoms with Crippen LogP contribution in [0.3, 0.4) is 0 Å². The minimum atomic E-state index is -1.18. The van der Waals surface area contributed by atoms with Gasteiger partial charge in [0.05, 0.1) is 35.5 Å². The highest BCUT2D eigenvalue weighted by Crippen LogP contribution is 2.31. The van der Waals surface area contributed by atoms with Gasteiger partial charge in [0.25, 0.3) is 0 Å². The van der Waals surface area contributed by atoms with Crippen molar-refractivity contribution in [1.29, 1.82) is 5.26 Å². The van der Waals surface area contributed by atoms with Crippen molar-refractivity contribution in [3.05, 3.63) is 51.9 Å². The zero-order valence-corrected chi connectivity index (χ0v) is 19.9. The number of aromatic carboxylic acids is 1. The number of rotatable bonds is 6. The van der Waals surface area contributed by atoms with E-state index in [0.29, 0.717) is 42.2 Å². The van der Waals surface area contributed by atoms with Crippen LogP contribution < -0.4 is 10.2 Å². The number of benzene rings is 1. The normalized spacial score (nSPS) is 16.8. The molecule has 1 aliphatic rings. The van der Waals surface area contributed by atoms with E-state index >= 15 is 0 Å². The highest BCUT2D eigenvalue weighted by atomic mass is 35.5. The van der Waals surface area contributed by atoms with Crippen molar-refractivity contribution in [1.82, 2.24) is 15.0 Å². The molecule has 0 saturated carbocycles. The summed E-state index contributed by atoms with van der Waals surface area (Å²) >= 11 is 5.89. The molecule has 9 nitrogen and oxygen atoms in total. The molecular formula is C24H25ClN6O3. The highest BCUT2D eigenvalue weighted by Gasteiger charge is 2.25. The second kappa shape index (κ2) is 9.79. The van der Waals surface area contributed by atoms with E-state index in [1.807, 2.05) is 26.0 Å². The number of halogens is 1. The number of carbonyl (C=O) groups is 1. The summed E-state index contributed by atoms with van der Waals surface area (Å²) in [6, 6.07) is 8.88. The molecule has 1 saturated heterocycles. The van der Waals surface area contributed by atoms with Crippen LogP contribution in [0.4, 0.5) is 11.5 Å². The van der Waals surface area contributed by atoms with E-state index in [0.717, 1.165) is 17.5 Å². The lowest BCUT2D eigenvalue weighted by molar-refractivity contribution is 0.0381. The Morgan fingerprint density at radius 2 is 2.18 bits per heavy atom. The Hall–Kier alpha value is -3.48. The molecule has 0 radical (unpaired) electrons. The van der Waals surface area contributed by atoms with Crippen LogP contribution in [0, 0.1) is 18.3 Å². The Morgan fingerprint density at radius 3 is 2.88 bits per heavy atom. The number of morpholine rings is 1. The number of carboxylic acids is 1. The molecule has 0 unspecified atom stereocenters. The van der Waals surface area contributed by atoms with Gasteiger partial charge in [-0.05, 0) is 44.0 Å². The van der Waals surface area contributed by atoms with Crippen LogP contribution in [0.5, 0.6) is 0 Å². The molecular weight excluding hydrogens is 456 g/mol. The SMILES string of the molecule is CC[C@@H]1CN(c2nc3c([C@@H](C)Nc4ccc(Cl)nc4C(=O)O)cc(C)cc3nc2C#N)CCO1. The lowest BCUT2D eigenvalue weighted by Crippen LogP contribution is -2.43. The Kier molecular flexibility index (Phi) is 6.82. The van der Waals surface area contributed by atoms with E-state index < -0.39 is 5.97 Å². The van der Waals surface area contributed by atoms with Crippen LogP contribution >= 0.6 is 11.6 Å². The van der Waals surface area contributed by atoms with Crippen LogP contribution in [-0.2, 0) is 4.74 Å². The molecule has 2 atom stereocenters. The molecule has 1 aliphatic heterocycles. The van der Waals surface area contributed by atoms with Gasteiger partial charge in [0, 0.05) is 18.7 Å². The van der Waals surface area contributed by atoms with Gasteiger partial charge in [0.1, 0.15) is 11.2 Å². The van der Waals surface area contributed by atoms with Gasteiger partial charge >= 0.3 is 5.97 Å². The standard InChI is InChI=1S/C24H25ClN6O3/c1-4-15-12-31(7-8-34-15)23-19(11-26)28-18-10-13(2)9-16(21(18)30-23)14(3)27-17-5-6-20(25)29-22(17)24(32)33/h5-6,9-10,14-15,27H,4,7-8,12H2,1-3H3,(H,32,33)/t14-,15-/m1/s1. The smallest absolute Gasteiger partial charge is 0.356 e. The molecule has 1 fully saturated rings. The van der Waals surface area contributed by atoms with E-state index in [1.165, 1.54) is 6.07 Å². The number of nitrogens with zero attached hydrogens (tertiary/aromatic N) is 5. The van der Waals surface area contributed by atoms with Crippen molar-refractivity contribution in [2.75, 3.05) is 29.9 Å². The largest absolute Gasteiger partial charge is 0.476 e. The quantitative estimate of drug-likeness (QED) is 0.495. The van der Waals surface area contributed by atoms with Gasteiger partial charge in [-0.25, -0.2) is 19.7 Å². The fraction of sp³-hybridized carbons (Fsp3) is 0.375. The third-order valence-corrected chi connectivity index (χ3v) is 6.04. The zero-order valence-electron chi connectivity index (χ0n) is 19.2. The van der Waals surface area contributed by atoms with Crippen LogP contribution in [-0.4, -0.2) is 51.8 Å². The summed E-state index contributed by atoms with van der Waals surface area (Å²) in [5, 5.41) is 22.7. The molecule has 2 N–H and O–H groups in total. The van der Waals surface area contributed by atoms with Crippen LogP contribution in [0.1, 0.15) is 53.6 Å². The molecule has 0 aliphatic carbocycles. The fourth-order valence-electron chi connectivity index (χ4n) is 4.13. The second-order valence-corrected chi connectivity index (χ2v) is 8.67. The Bertz CT molecular complexity index is 1290. The molecule has 3 heterocycles. The fourth-order valence-corrected chi connectivity index (χ4v) is 4.28. The summed E-state index contributed by atoms with van der Waals surface area (Å²) < 4.78 is 5.78. The maximum Gasteiger partial charge on any atom is 0.356 e. The molecule has 0 bridgehead atoms. The highest BCUT2D eigenvalue weighted by molar-refractivity contribution is 6.29. The first-order valence-electron chi connectivity index (χ1n) is 11.1. The molecule has 176 valence electrons. The van der Waals surface area contributed by atoms with E-state index in [2.05, 4.69) is 33.2 Å². The lowest BCUT2D eigenvalue weighted by Gasteiger charge is -2.33.